The molecule has 0 bridgehead atoms. The van der Waals surface area contributed by atoms with E-state index < -0.39 is 6.36 Å². The molecule has 0 saturated carbocycles. The van der Waals surface area contributed by atoms with E-state index in [4.69, 9.17) is 4.74 Å². The summed E-state index contributed by atoms with van der Waals surface area (Å²) in [5, 5.41) is 5.68. The van der Waals surface area contributed by atoms with E-state index in [1.54, 1.807) is 38.1 Å². The van der Waals surface area contributed by atoms with E-state index in [9.17, 15) is 18.0 Å². The molecule has 2 aromatic heterocycles. The number of pyridine rings is 1. The second-order valence-corrected chi connectivity index (χ2v) is 8.28. The van der Waals surface area contributed by atoms with E-state index in [2.05, 4.69) is 25.3 Å². The summed E-state index contributed by atoms with van der Waals surface area (Å²) in [6.07, 6.45) is -3.28. The Labute approximate surface area is 205 Å². The zero-order valence-corrected chi connectivity index (χ0v) is 20.0. The predicted molar refractivity (Wildman–Crippen MR) is 129 cm³/mol. The number of alkyl halides is 3. The Morgan fingerprint density at radius 2 is 1.81 bits per heavy atom. The lowest BCUT2D eigenvalue weighted by atomic mass is 10.0. The highest BCUT2D eigenvalue weighted by molar-refractivity contribution is 5.92. The number of aryl methyl sites for hydroxylation is 1. The van der Waals surface area contributed by atoms with Crippen molar-refractivity contribution in [3.63, 3.8) is 0 Å². The zero-order valence-electron chi connectivity index (χ0n) is 20.0. The lowest BCUT2D eigenvalue weighted by Crippen LogP contribution is -2.18. The van der Waals surface area contributed by atoms with Gasteiger partial charge in [-0.3, -0.25) is 9.78 Å². The van der Waals surface area contributed by atoms with E-state index in [1.807, 2.05) is 17.7 Å². The Hall–Kier alpha value is -4.28. The number of aromatic nitrogens is 3. The molecule has 36 heavy (non-hydrogen) atoms. The molecule has 0 aliphatic rings. The van der Waals surface area contributed by atoms with Crippen molar-refractivity contribution < 1.29 is 27.4 Å². The Bertz CT molecular complexity index is 1420. The molecule has 0 fully saturated rings. The van der Waals surface area contributed by atoms with Crippen molar-refractivity contribution in [1.82, 2.24) is 19.9 Å². The van der Waals surface area contributed by atoms with Gasteiger partial charge >= 0.3 is 6.36 Å². The molecule has 2 N–H and O–H groups in total. The third-order valence-electron chi connectivity index (χ3n) is 5.39. The zero-order chi connectivity index (χ0) is 26.0. The molecule has 0 aliphatic heterocycles. The fourth-order valence-electron chi connectivity index (χ4n) is 3.64. The summed E-state index contributed by atoms with van der Waals surface area (Å²) in [6.45, 7) is 3.58. The Kier molecular flexibility index (Phi) is 6.73. The molecular weight excluding hydrogens is 475 g/mol. The Balaban J connectivity index is 1.59. The lowest BCUT2D eigenvalue weighted by Gasteiger charge is -2.17. The molecule has 1 amide bonds. The average Bonchev–Trinajstić information content (AvgIpc) is 3.13. The Morgan fingerprint density at radius 1 is 1.06 bits per heavy atom. The highest BCUT2D eigenvalue weighted by Gasteiger charge is 2.32. The van der Waals surface area contributed by atoms with Gasteiger partial charge in [0.05, 0.1) is 11.0 Å². The van der Waals surface area contributed by atoms with E-state index in [1.165, 1.54) is 31.4 Å². The molecule has 11 heteroatoms. The van der Waals surface area contributed by atoms with Crippen molar-refractivity contribution in [2.45, 2.75) is 26.1 Å². The van der Waals surface area contributed by atoms with Crippen LogP contribution in [-0.4, -0.2) is 33.9 Å². The van der Waals surface area contributed by atoms with Crippen molar-refractivity contribution in [2.75, 3.05) is 12.4 Å². The van der Waals surface area contributed by atoms with Crippen molar-refractivity contribution in [2.24, 2.45) is 7.05 Å². The number of hydrogen-bond donors (Lipinski definition) is 2. The van der Waals surface area contributed by atoms with Gasteiger partial charge < -0.3 is 24.7 Å². The quantitative estimate of drug-likeness (QED) is 0.330. The normalized spacial score (nSPS) is 11.6. The summed E-state index contributed by atoms with van der Waals surface area (Å²) in [5.74, 6) is 0.700. The number of rotatable bonds is 7. The number of nitrogens with zero attached hydrogens (tertiary/aromatic N) is 3. The molecule has 2 aromatic carbocycles. The molecule has 4 aromatic rings. The maximum atomic E-state index is 12.8. The number of anilines is 2. The van der Waals surface area contributed by atoms with Gasteiger partial charge in [-0.25, -0.2) is 4.98 Å². The van der Waals surface area contributed by atoms with Crippen LogP contribution in [0.1, 0.15) is 35.8 Å². The van der Waals surface area contributed by atoms with Crippen LogP contribution >= 0.6 is 0 Å². The van der Waals surface area contributed by atoms with E-state index in [-0.39, 0.29) is 23.3 Å². The number of amides is 1. The van der Waals surface area contributed by atoms with Crippen LogP contribution < -0.4 is 20.1 Å². The molecule has 0 aliphatic carbocycles. The number of ether oxygens (including phenoxy) is 2. The SMILES string of the molecule is CNC(=O)c1cc(Oc2ccc3c(c2)nc(Nc2ccc(OC(F)(F)F)c(C(C)C)c2)n3C)ccn1. The van der Waals surface area contributed by atoms with Crippen molar-refractivity contribution >= 4 is 28.6 Å². The monoisotopic (exact) mass is 499 g/mol. The van der Waals surface area contributed by atoms with Gasteiger partial charge in [-0.1, -0.05) is 13.8 Å². The third-order valence-corrected chi connectivity index (χ3v) is 5.39. The number of benzene rings is 2. The highest BCUT2D eigenvalue weighted by Crippen LogP contribution is 2.34. The van der Waals surface area contributed by atoms with Crippen LogP contribution in [0.5, 0.6) is 17.2 Å². The maximum absolute atomic E-state index is 12.8. The van der Waals surface area contributed by atoms with Gasteiger partial charge in [-0.05, 0) is 47.9 Å². The van der Waals surface area contributed by atoms with Gasteiger partial charge in [-0.15, -0.1) is 13.2 Å². The van der Waals surface area contributed by atoms with Crippen molar-refractivity contribution in [3.8, 4) is 17.2 Å². The molecule has 8 nitrogen and oxygen atoms in total. The first-order chi connectivity index (χ1) is 17.0. The predicted octanol–water partition coefficient (Wildman–Crippen LogP) is 5.89. The first-order valence-corrected chi connectivity index (χ1v) is 11.0. The number of carbonyl (C=O) groups is 1. The topological polar surface area (TPSA) is 90.3 Å². The molecule has 0 saturated heterocycles. The number of imidazole rings is 1. The first-order valence-electron chi connectivity index (χ1n) is 11.0. The molecule has 0 unspecified atom stereocenters. The molecule has 4 rings (SSSR count). The van der Waals surface area contributed by atoms with Crippen molar-refractivity contribution in [1.29, 1.82) is 0 Å². The summed E-state index contributed by atoms with van der Waals surface area (Å²) < 4.78 is 50.2. The van der Waals surface area contributed by atoms with E-state index >= 15 is 0 Å². The highest BCUT2D eigenvalue weighted by atomic mass is 19.4. The fourth-order valence-corrected chi connectivity index (χ4v) is 3.64. The molecule has 0 atom stereocenters. The molecule has 188 valence electrons. The number of nitrogens with one attached hydrogen (secondary N) is 2. The van der Waals surface area contributed by atoms with Crippen LogP contribution in [0.2, 0.25) is 0 Å². The smallest absolute Gasteiger partial charge is 0.457 e. The van der Waals surface area contributed by atoms with Crippen molar-refractivity contribution in [3.05, 3.63) is 66.0 Å². The number of fused-ring (bicyclic) bond motifs is 1. The van der Waals surface area contributed by atoms with Crippen LogP contribution in [0.4, 0.5) is 24.8 Å². The second-order valence-electron chi connectivity index (χ2n) is 8.28. The van der Waals surface area contributed by atoms with Gasteiger partial charge in [0.25, 0.3) is 5.91 Å². The van der Waals surface area contributed by atoms with Crippen LogP contribution in [0.25, 0.3) is 11.0 Å². The van der Waals surface area contributed by atoms with Crippen LogP contribution in [-0.2, 0) is 7.05 Å². The van der Waals surface area contributed by atoms with E-state index in [0.717, 1.165) is 5.52 Å². The molecule has 0 spiro atoms. The largest absolute Gasteiger partial charge is 0.573 e. The summed E-state index contributed by atoms with van der Waals surface area (Å²) >= 11 is 0. The van der Waals surface area contributed by atoms with Gasteiger partial charge in [0.15, 0.2) is 0 Å². The molecular formula is C25H24F3N5O3. The fraction of sp³-hybridized carbons (Fsp3) is 0.240. The maximum Gasteiger partial charge on any atom is 0.573 e. The summed E-state index contributed by atoms with van der Waals surface area (Å²) in [6, 6.07) is 13.0. The number of hydrogen-bond acceptors (Lipinski definition) is 6. The minimum atomic E-state index is -4.77. The number of carbonyl (C=O) groups excluding carboxylic acids is 1. The van der Waals surface area contributed by atoms with Gasteiger partial charge in [0.2, 0.25) is 5.95 Å². The number of halogens is 3. The van der Waals surface area contributed by atoms with Crippen LogP contribution in [0.3, 0.4) is 0 Å². The molecule has 0 radical (unpaired) electrons. The standard InChI is InChI=1S/C25H24F3N5O3/c1-14(2)18-11-15(5-8-22(18)36-25(26,27)28)31-24-32-19-12-16(6-7-21(19)33(24)4)35-17-9-10-30-20(13-17)23(34)29-3/h5-14H,1-4H3,(H,29,34)(H,31,32). The van der Waals surface area contributed by atoms with Crippen LogP contribution in [0.15, 0.2) is 54.7 Å². The Morgan fingerprint density at radius 3 is 2.50 bits per heavy atom. The minimum absolute atomic E-state index is 0.193. The third kappa shape index (κ3) is 5.51. The minimum Gasteiger partial charge on any atom is -0.457 e. The summed E-state index contributed by atoms with van der Waals surface area (Å²) in [7, 11) is 3.34. The summed E-state index contributed by atoms with van der Waals surface area (Å²) in [5.41, 5.74) is 2.67. The lowest BCUT2D eigenvalue weighted by molar-refractivity contribution is -0.274. The van der Waals surface area contributed by atoms with Gasteiger partial charge in [-0.2, -0.15) is 0 Å². The van der Waals surface area contributed by atoms with Gasteiger partial charge in [0.1, 0.15) is 22.9 Å². The second kappa shape index (κ2) is 9.76. The first kappa shape index (κ1) is 24.8. The van der Waals surface area contributed by atoms with E-state index in [0.29, 0.717) is 34.2 Å². The summed E-state index contributed by atoms with van der Waals surface area (Å²) in [4.78, 5) is 20.4. The average molecular weight is 499 g/mol. The van der Waals surface area contributed by atoms with Crippen LogP contribution in [0, 0.1) is 0 Å². The molecule has 2 heterocycles. The van der Waals surface area contributed by atoms with Gasteiger partial charge in [0, 0.05) is 38.1 Å².